The standard InChI is InChI=1S/C15H11FN2O2S2/c16-12-5-1-10(2-6-12)14-9-21-15(18-14)11-3-7-13(8-4-11)22(17,19)20/h1-9H,(H2,17,19,20). The lowest BCUT2D eigenvalue weighted by Gasteiger charge is -2.00. The second kappa shape index (κ2) is 5.60. The van der Waals surface area contributed by atoms with E-state index in [1.54, 1.807) is 24.3 Å². The van der Waals surface area contributed by atoms with E-state index >= 15 is 0 Å². The van der Waals surface area contributed by atoms with Crippen molar-refractivity contribution < 1.29 is 12.8 Å². The lowest BCUT2D eigenvalue weighted by atomic mass is 10.2. The van der Waals surface area contributed by atoms with Gasteiger partial charge in [0, 0.05) is 16.5 Å². The molecular weight excluding hydrogens is 323 g/mol. The van der Waals surface area contributed by atoms with Crippen LogP contribution in [0.4, 0.5) is 4.39 Å². The fourth-order valence-corrected chi connectivity index (χ4v) is 3.30. The van der Waals surface area contributed by atoms with E-state index in [1.165, 1.54) is 35.6 Å². The molecule has 0 bridgehead atoms. The van der Waals surface area contributed by atoms with E-state index in [4.69, 9.17) is 5.14 Å². The molecule has 0 aliphatic heterocycles. The highest BCUT2D eigenvalue weighted by Gasteiger charge is 2.10. The summed E-state index contributed by atoms with van der Waals surface area (Å²) in [5.74, 6) is -0.294. The molecule has 3 aromatic rings. The van der Waals surface area contributed by atoms with Gasteiger partial charge in [-0.3, -0.25) is 0 Å². The molecule has 1 aromatic heterocycles. The van der Waals surface area contributed by atoms with Crippen LogP contribution in [0, 0.1) is 5.82 Å². The molecule has 0 saturated heterocycles. The number of hydrogen-bond donors (Lipinski definition) is 1. The molecule has 1 heterocycles. The van der Waals surface area contributed by atoms with Crippen molar-refractivity contribution in [2.75, 3.05) is 0 Å². The predicted octanol–water partition coefficient (Wildman–Crippen LogP) is 3.26. The predicted molar refractivity (Wildman–Crippen MR) is 84.3 cm³/mol. The van der Waals surface area contributed by atoms with Gasteiger partial charge < -0.3 is 0 Å². The van der Waals surface area contributed by atoms with Crippen LogP contribution in [0.3, 0.4) is 0 Å². The summed E-state index contributed by atoms with van der Waals surface area (Å²) in [7, 11) is -3.70. The molecule has 22 heavy (non-hydrogen) atoms. The van der Waals surface area contributed by atoms with Gasteiger partial charge in [0.25, 0.3) is 0 Å². The number of rotatable bonds is 3. The van der Waals surface area contributed by atoms with E-state index in [0.717, 1.165) is 21.8 Å². The molecule has 3 rings (SSSR count). The average Bonchev–Trinajstić information content (AvgIpc) is 2.97. The number of primary sulfonamides is 1. The van der Waals surface area contributed by atoms with Crippen molar-refractivity contribution >= 4 is 21.4 Å². The van der Waals surface area contributed by atoms with E-state index in [0.29, 0.717) is 0 Å². The van der Waals surface area contributed by atoms with Gasteiger partial charge in [0.05, 0.1) is 10.6 Å². The first kappa shape index (κ1) is 14.8. The Balaban J connectivity index is 1.92. The molecule has 0 unspecified atom stereocenters. The first-order chi connectivity index (χ1) is 10.4. The van der Waals surface area contributed by atoms with Gasteiger partial charge in [0.15, 0.2) is 0 Å². The summed E-state index contributed by atoms with van der Waals surface area (Å²) in [4.78, 5) is 4.55. The smallest absolute Gasteiger partial charge is 0.236 e. The summed E-state index contributed by atoms with van der Waals surface area (Å²) in [6.45, 7) is 0. The molecule has 0 spiro atoms. The lowest BCUT2D eigenvalue weighted by molar-refractivity contribution is 0.598. The van der Waals surface area contributed by atoms with Gasteiger partial charge in [-0.05, 0) is 36.4 Å². The zero-order chi connectivity index (χ0) is 15.7. The maximum absolute atomic E-state index is 12.9. The first-order valence-corrected chi connectivity index (χ1v) is 8.71. The van der Waals surface area contributed by atoms with E-state index in [-0.39, 0.29) is 10.7 Å². The number of halogens is 1. The van der Waals surface area contributed by atoms with Crippen LogP contribution in [-0.4, -0.2) is 13.4 Å². The highest BCUT2D eigenvalue weighted by molar-refractivity contribution is 7.89. The fraction of sp³-hybridized carbons (Fsp3) is 0. The molecular formula is C15H11FN2O2S2. The summed E-state index contributed by atoms with van der Waals surface area (Å²) in [5, 5.41) is 7.69. The zero-order valence-electron chi connectivity index (χ0n) is 11.2. The summed E-state index contributed by atoms with van der Waals surface area (Å²) in [6, 6.07) is 12.3. The average molecular weight is 334 g/mol. The van der Waals surface area contributed by atoms with Gasteiger partial charge in [-0.2, -0.15) is 0 Å². The van der Waals surface area contributed by atoms with Gasteiger partial charge in [0.1, 0.15) is 10.8 Å². The van der Waals surface area contributed by atoms with Crippen molar-refractivity contribution in [3.05, 3.63) is 59.7 Å². The number of nitrogens with two attached hydrogens (primary N) is 1. The molecule has 2 N–H and O–H groups in total. The molecule has 4 nitrogen and oxygen atoms in total. The van der Waals surface area contributed by atoms with Crippen LogP contribution in [0.5, 0.6) is 0 Å². The normalized spacial score (nSPS) is 11.5. The highest BCUT2D eigenvalue weighted by Crippen LogP contribution is 2.29. The van der Waals surface area contributed by atoms with Crippen LogP contribution in [0.25, 0.3) is 21.8 Å². The van der Waals surface area contributed by atoms with E-state index in [2.05, 4.69) is 4.98 Å². The molecule has 0 atom stereocenters. The van der Waals surface area contributed by atoms with Crippen LogP contribution in [0.15, 0.2) is 58.8 Å². The largest absolute Gasteiger partial charge is 0.238 e. The number of sulfonamides is 1. The van der Waals surface area contributed by atoms with Crippen LogP contribution in [-0.2, 0) is 10.0 Å². The molecule has 2 aromatic carbocycles. The monoisotopic (exact) mass is 334 g/mol. The van der Waals surface area contributed by atoms with Crippen molar-refractivity contribution in [2.45, 2.75) is 4.90 Å². The first-order valence-electron chi connectivity index (χ1n) is 6.28. The van der Waals surface area contributed by atoms with E-state index in [9.17, 15) is 12.8 Å². The highest BCUT2D eigenvalue weighted by atomic mass is 32.2. The second-order valence-electron chi connectivity index (χ2n) is 4.61. The summed E-state index contributed by atoms with van der Waals surface area (Å²) < 4.78 is 35.4. The van der Waals surface area contributed by atoms with Crippen molar-refractivity contribution in [3.8, 4) is 21.8 Å². The molecule has 0 radical (unpaired) electrons. The van der Waals surface area contributed by atoms with E-state index in [1.807, 2.05) is 5.38 Å². The summed E-state index contributed by atoms with van der Waals surface area (Å²) >= 11 is 1.43. The van der Waals surface area contributed by atoms with Gasteiger partial charge in [-0.1, -0.05) is 12.1 Å². The number of thiazole rings is 1. The van der Waals surface area contributed by atoms with Crippen molar-refractivity contribution in [1.29, 1.82) is 0 Å². The Morgan fingerprint density at radius 1 is 0.955 bits per heavy atom. The lowest BCUT2D eigenvalue weighted by Crippen LogP contribution is -2.11. The SMILES string of the molecule is NS(=O)(=O)c1ccc(-c2nc(-c3ccc(F)cc3)cs2)cc1. The maximum atomic E-state index is 12.9. The molecule has 0 aliphatic rings. The topological polar surface area (TPSA) is 73.1 Å². The second-order valence-corrected chi connectivity index (χ2v) is 7.03. The number of hydrogen-bond acceptors (Lipinski definition) is 4. The van der Waals surface area contributed by atoms with Crippen LogP contribution < -0.4 is 5.14 Å². The minimum absolute atomic E-state index is 0.0616. The minimum Gasteiger partial charge on any atom is -0.236 e. The van der Waals surface area contributed by atoms with Crippen LogP contribution >= 0.6 is 11.3 Å². The minimum atomic E-state index is -3.70. The Morgan fingerprint density at radius 2 is 1.55 bits per heavy atom. The third kappa shape index (κ3) is 3.06. The van der Waals surface area contributed by atoms with Crippen LogP contribution in [0.1, 0.15) is 0 Å². The van der Waals surface area contributed by atoms with Crippen molar-refractivity contribution in [3.63, 3.8) is 0 Å². The molecule has 7 heteroatoms. The molecule has 0 aliphatic carbocycles. The Labute approximate surface area is 131 Å². The van der Waals surface area contributed by atoms with E-state index < -0.39 is 10.0 Å². The Kier molecular flexibility index (Phi) is 3.78. The van der Waals surface area contributed by atoms with Crippen LogP contribution in [0.2, 0.25) is 0 Å². The number of nitrogens with zero attached hydrogens (tertiary/aromatic N) is 1. The van der Waals surface area contributed by atoms with Gasteiger partial charge >= 0.3 is 0 Å². The molecule has 0 saturated carbocycles. The summed E-state index contributed by atoms with van der Waals surface area (Å²) in [5.41, 5.74) is 2.37. The fourth-order valence-electron chi connectivity index (χ4n) is 1.95. The van der Waals surface area contributed by atoms with Crippen molar-refractivity contribution in [2.24, 2.45) is 5.14 Å². The van der Waals surface area contributed by atoms with Crippen molar-refractivity contribution in [1.82, 2.24) is 4.98 Å². The Hall–Kier alpha value is -2.09. The van der Waals surface area contributed by atoms with Gasteiger partial charge in [0.2, 0.25) is 10.0 Å². The Bertz CT molecular complexity index is 901. The zero-order valence-corrected chi connectivity index (χ0v) is 12.9. The molecule has 0 fully saturated rings. The number of benzene rings is 2. The van der Waals surface area contributed by atoms with Gasteiger partial charge in [-0.25, -0.2) is 22.9 Å². The molecule has 0 amide bonds. The third-order valence-electron chi connectivity index (χ3n) is 3.07. The van der Waals surface area contributed by atoms with Gasteiger partial charge in [-0.15, -0.1) is 11.3 Å². The quantitative estimate of drug-likeness (QED) is 0.799. The maximum Gasteiger partial charge on any atom is 0.238 e. The third-order valence-corrected chi connectivity index (χ3v) is 4.89. The Morgan fingerprint density at radius 3 is 2.14 bits per heavy atom. The number of aromatic nitrogens is 1. The molecule has 112 valence electrons. The summed E-state index contributed by atoms with van der Waals surface area (Å²) in [6.07, 6.45) is 0.